The molecule has 0 amide bonds. The van der Waals surface area contributed by atoms with E-state index in [-0.39, 0.29) is 5.82 Å². The second-order valence-corrected chi connectivity index (χ2v) is 4.77. The minimum absolute atomic E-state index is 0.300. The van der Waals surface area contributed by atoms with Gasteiger partial charge in [0, 0.05) is 11.4 Å². The van der Waals surface area contributed by atoms with Gasteiger partial charge in [-0.2, -0.15) is 0 Å². The molecular weight excluding hydrogens is 261 g/mol. The first-order chi connectivity index (χ1) is 8.19. The average molecular weight is 272 g/mol. The molecule has 0 aliphatic rings. The molecule has 1 aromatic heterocycles. The van der Waals surface area contributed by atoms with E-state index in [4.69, 9.17) is 16.3 Å². The Hall–Kier alpha value is -1.13. The normalized spacial score (nSPS) is 10.5. The van der Waals surface area contributed by atoms with Crippen LogP contribution in [0.15, 0.2) is 23.6 Å². The van der Waals surface area contributed by atoms with E-state index in [1.165, 1.54) is 23.5 Å². The highest BCUT2D eigenvalue weighted by Crippen LogP contribution is 2.21. The summed E-state index contributed by atoms with van der Waals surface area (Å²) in [5.41, 5.74) is 1.74. The van der Waals surface area contributed by atoms with Gasteiger partial charge in [0.05, 0.1) is 11.6 Å². The zero-order valence-corrected chi connectivity index (χ0v) is 10.8. The number of hydrogen-bond donors (Lipinski definition) is 0. The maximum atomic E-state index is 13.0. The van der Waals surface area contributed by atoms with Crippen molar-refractivity contribution < 1.29 is 9.13 Å². The third-order valence-electron chi connectivity index (χ3n) is 2.24. The van der Waals surface area contributed by atoms with Crippen LogP contribution in [-0.2, 0) is 12.5 Å². The fourth-order valence-corrected chi connectivity index (χ4v) is 2.28. The molecule has 1 aromatic carbocycles. The Labute approximate surface area is 108 Å². The molecule has 17 heavy (non-hydrogen) atoms. The Kier molecular flexibility index (Phi) is 3.97. The summed E-state index contributed by atoms with van der Waals surface area (Å²) in [7, 11) is 0. The quantitative estimate of drug-likeness (QED) is 0.787. The van der Waals surface area contributed by atoms with E-state index in [2.05, 4.69) is 4.98 Å². The fourth-order valence-electron chi connectivity index (χ4n) is 1.35. The van der Waals surface area contributed by atoms with Crippen LogP contribution < -0.4 is 4.74 Å². The van der Waals surface area contributed by atoms with Crippen LogP contribution in [0.4, 0.5) is 4.39 Å². The first kappa shape index (κ1) is 12.3. The minimum Gasteiger partial charge on any atom is -0.486 e. The lowest BCUT2D eigenvalue weighted by Gasteiger charge is -2.07. The second-order valence-electron chi connectivity index (χ2n) is 3.56. The molecule has 2 nitrogen and oxygen atoms in total. The van der Waals surface area contributed by atoms with Gasteiger partial charge < -0.3 is 4.74 Å². The van der Waals surface area contributed by atoms with Gasteiger partial charge in [-0.25, -0.2) is 9.37 Å². The predicted molar refractivity (Wildman–Crippen MR) is 67.1 cm³/mol. The van der Waals surface area contributed by atoms with Crippen LogP contribution >= 0.6 is 22.9 Å². The molecule has 0 spiro atoms. The van der Waals surface area contributed by atoms with E-state index in [9.17, 15) is 4.39 Å². The summed E-state index contributed by atoms with van der Waals surface area (Å²) in [6, 6.07) is 4.49. The number of benzene rings is 1. The van der Waals surface area contributed by atoms with Crippen LogP contribution in [0.3, 0.4) is 0 Å². The second kappa shape index (κ2) is 5.47. The Balaban J connectivity index is 2.04. The molecule has 0 saturated heterocycles. The number of ether oxygens (including phenoxy) is 1. The largest absolute Gasteiger partial charge is 0.486 e. The molecule has 2 aromatic rings. The van der Waals surface area contributed by atoms with Crippen molar-refractivity contribution >= 4 is 22.9 Å². The summed E-state index contributed by atoms with van der Waals surface area (Å²) in [6.07, 6.45) is 0. The average Bonchev–Trinajstić information content (AvgIpc) is 2.78. The van der Waals surface area contributed by atoms with Crippen molar-refractivity contribution in [2.24, 2.45) is 0 Å². The number of aromatic nitrogens is 1. The molecule has 1 heterocycles. The molecule has 0 unspecified atom stereocenters. The lowest BCUT2D eigenvalue weighted by atomic mass is 10.2. The monoisotopic (exact) mass is 271 g/mol. The van der Waals surface area contributed by atoms with Crippen molar-refractivity contribution in [2.75, 3.05) is 0 Å². The first-order valence-corrected chi connectivity index (χ1v) is 6.48. The van der Waals surface area contributed by atoms with E-state index in [1.54, 1.807) is 6.07 Å². The molecular formula is C12H11ClFNOS. The molecule has 0 saturated carbocycles. The van der Waals surface area contributed by atoms with Gasteiger partial charge in [0.25, 0.3) is 0 Å². The van der Waals surface area contributed by atoms with Crippen LogP contribution in [0.1, 0.15) is 16.3 Å². The Morgan fingerprint density at radius 1 is 1.47 bits per heavy atom. The summed E-state index contributed by atoms with van der Waals surface area (Å²) in [5, 5.41) is 2.73. The number of thiazole rings is 1. The fraction of sp³-hybridized carbons (Fsp3) is 0.250. The summed E-state index contributed by atoms with van der Waals surface area (Å²) >= 11 is 7.15. The standard InChI is InChI=1S/C12H11ClFNOS/c1-8-2-3-9(14)4-11(8)16-6-12-15-10(5-13)7-17-12/h2-4,7H,5-6H2,1H3. The molecule has 0 bridgehead atoms. The summed E-state index contributed by atoms with van der Waals surface area (Å²) in [6.45, 7) is 2.21. The number of aryl methyl sites for hydroxylation is 1. The van der Waals surface area contributed by atoms with Gasteiger partial charge in [0.2, 0.25) is 0 Å². The zero-order chi connectivity index (χ0) is 12.3. The smallest absolute Gasteiger partial charge is 0.140 e. The highest BCUT2D eigenvalue weighted by molar-refractivity contribution is 7.09. The Morgan fingerprint density at radius 3 is 3.00 bits per heavy atom. The maximum Gasteiger partial charge on any atom is 0.140 e. The van der Waals surface area contributed by atoms with Crippen LogP contribution in [-0.4, -0.2) is 4.98 Å². The maximum absolute atomic E-state index is 13.0. The summed E-state index contributed by atoms with van der Waals surface area (Å²) < 4.78 is 18.5. The van der Waals surface area contributed by atoms with E-state index in [0.29, 0.717) is 18.2 Å². The van der Waals surface area contributed by atoms with Crippen LogP contribution in [0.5, 0.6) is 5.75 Å². The van der Waals surface area contributed by atoms with Crippen molar-refractivity contribution in [3.8, 4) is 5.75 Å². The van der Waals surface area contributed by atoms with Crippen molar-refractivity contribution in [3.63, 3.8) is 0 Å². The molecule has 5 heteroatoms. The predicted octanol–water partition coefficient (Wildman–Crippen LogP) is 3.91. The highest BCUT2D eigenvalue weighted by Gasteiger charge is 2.05. The van der Waals surface area contributed by atoms with Gasteiger partial charge in [-0.05, 0) is 18.6 Å². The van der Waals surface area contributed by atoms with E-state index >= 15 is 0 Å². The van der Waals surface area contributed by atoms with Gasteiger partial charge in [0.15, 0.2) is 0 Å². The third kappa shape index (κ3) is 3.17. The van der Waals surface area contributed by atoms with Crippen molar-refractivity contribution in [3.05, 3.63) is 45.7 Å². The molecule has 0 fully saturated rings. The van der Waals surface area contributed by atoms with Gasteiger partial charge >= 0.3 is 0 Å². The lowest BCUT2D eigenvalue weighted by molar-refractivity contribution is 0.301. The summed E-state index contributed by atoms with van der Waals surface area (Å²) in [4.78, 5) is 4.26. The Bertz CT molecular complexity index is 515. The van der Waals surface area contributed by atoms with Crippen LogP contribution in [0, 0.1) is 12.7 Å². The number of rotatable bonds is 4. The molecule has 0 aliphatic heterocycles. The van der Waals surface area contributed by atoms with Crippen LogP contribution in [0.2, 0.25) is 0 Å². The van der Waals surface area contributed by atoms with Gasteiger partial charge in [-0.1, -0.05) is 6.07 Å². The van der Waals surface area contributed by atoms with Gasteiger partial charge in [-0.3, -0.25) is 0 Å². The molecule has 90 valence electrons. The number of halogens is 2. The number of hydrogen-bond acceptors (Lipinski definition) is 3. The topological polar surface area (TPSA) is 22.1 Å². The summed E-state index contributed by atoms with van der Waals surface area (Å²) in [5.74, 6) is 0.647. The van der Waals surface area contributed by atoms with Crippen molar-refractivity contribution in [2.45, 2.75) is 19.4 Å². The van der Waals surface area contributed by atoms with Crippen molar-refractivity contribution in [1.29, 1.82) is 0 Å². The van der Waals surface area contributed by atoms with Gasteiger partial charge in [-0.15, -0.1) is 22.9 Å². The molecule has 0 N–H and O–H groups in total. The van der Waals surface area contributed by atoms with E-state index in [0.717, 1.165) is 16.3 Å². The Morgan fingerprint density at radius 2 is 2.29 bits per heavy atom. The van der Waals surface area contributed by atoms with E-state index in [1.807, 2.05) is 12.3 Å². The third-order valence-corrected chi connectivity index (χ3v) is 3.38. The first-order valence-electron chi connectivity index (χ1n) is 5.07. The SMILES string of the molecule is Cc1ccc(F)cc1OCc1nc(CCl)cs1. The molecule has 0 radical (unpaired) electrons. The van der Waals surface area contributed by atoms with Crippen LogP contribution in [0.25, 0.3) is 0 Å². The van der Waals surface area contributed by atoms with Crippen molar-refractivity contribution in [1.82, 2.24) is 4.98 Å². The molecule has 0 aliphatic carbocycles. The number of nitrogens with zero attached hydrogens (tertiary/aromatic N) is 1. The molecule has 2 rings (SSSR count). The number of alkyl halides is 1. The highest BCUT2D eigenvalue weighted by atomic mass is 35.5. The minimum atomic E-state index is -0.300. The van der Waals surface area contributed by atoms with Gasteiger partial charge in [0.1, 0.15) is 23.2 Å². The molecule has 0 atom stereocenters. The zero-order valence-electron chi connectivity index (χ0n) is 9.24. The lowest BCUT2D eigenvalue weighted by Crippen LogP contribution is -1.97. The van der Waals surface area contributed by atoms with E-state index < -0.39 is 0 Å².